The Kier molecular flexibility index (Phi) is 6.95. The van der Waals surface area contributed by atoms with Crippen molar-refractivity contribution in [1.82, 2.24) is 14.9 Å². The Morgan fingerprint density at radius 3 is 2.53 bits per heavy atom. The average molecular weight is 407 g/mol. The predicted octanol–water partition coefficient (Wildman–Crippen LogP) is 2.64. The lowest BCUT2D eigenvalue weighted by Gasteiger charge is -2.18. The van der Waals surface area contributed by atoms with Crippen LogP contribution in [0.4, 0.5) is 0 Å². The van der Waals surface area contributed by atoms with Crippen LogP contribution in [0.3, 0.4) is 0 Å². The first kappa shape index (κ1) is 21.2. The zero-order valence-corrected chi connectivity index (χ0v) is 17.1. The molecular weight excluding hydrogens is 382 g/mol. The van der Waals surface area contributed by atoms with E-state index in [9.17, 15) is 14.4 Å². The first-order valence-corrected chi connectivity index (χ1v) is 9.96. The molecule has 1 heterocycles. The molecule has 0 fully saturated rings. The third kappa shape index (κ3) is 5.11. The molecule has 3 rings (SSSR count). The van der Waals surface area contributed by atoms with Crippen LogP contribution in [0.1, 0.15) is 31.7 Å². The van der Waals surface area contributed by atoms with E-state index < -0.39 is 12.1 Å². The van der Waals surface area contributed by atoms with Crippen molar-refractivity contribution in [3.63, 3.8) is 0 Å². The Labute approximate surface area is 174 Å². The highest BCUT2D eigenvalue weighted by atomic mass is 16.5. The molecule has 1 amide bonds. The van der Waals surface area contributed by atoms with Crippen molar-refractivity contribution in [3.8, 4) is 0 Å². The first-order chi connectivity index (χ1) is 14.5. The van der Waals surface area contributed by atoms with Crippen LogP contribution in [0.25, 0.3) is 10.9 Å². The summed E-state index contributed by atoms with van der Waals surface area (Å²) in [6.45, 7) is 3.71. The summed E-state index contributed by atoms with van der Waals surface area (Å²) in [6.07, 6.45) is 1.22. The molecule has 1 N–H and O–H groups in total. The number of ether oxygens (including phenoxy) is 1. The average Bonchev–Trinajstić information content (AvgIpc) is 2.77. The maximum Gasteiger partial charge on any atom is 0.326 e. The minimum Gasteiger partial charge on any atom is -0.451 e. The van der Waals surface area contributed by atoms with Gasteiger partial charge in [0.25, 0.3) is 11.5 Å². The van der Waals surface area contributed by atoms with Crippen LogP contribution in [0, 0.1) is 0 Å². The van der Waals surface area contributed by atoms with Gasteiger partial charge < -0.3 is 10.1 Å². The van der Waals surface area contributed by atoms with Crippen molar-refractivity contribution in [1.29, 1.82) is 0 Å². The Balaban J connectivity index is 1.55. The molecule has 2 aromatic carbocycles. The van der Waals surface area contributed by atoms with Gasteiger partial charge in [-0.1, -0.05) is 49.4 Å². The van der Waals surface area contributed by atoms with Crippen molar-refractivity contribution in [2.75, 3.05) is 6.54 Å². The van der Waals surface area contributed by atoms with Gasteiger partial charge >= 0.3 is 5.97 Å². The molecule has 1 aromatic heterocycles. The number of aromatic nitrogens is 2. The standard InChI is InChI=1S/C23H25N3O4/c1-3-17(18-9-5-4-6-10-18)13-24-22(28)16(2)30-21(27)14-26-15-25-20-12-8-7-11-19(20)23(26)29/h4-12,15-17H,3,13-14H2,1-2H3,(H,24,28)/t16-,17+/m1/s1. The van der Waals surface area contributed by atoms with E-state index in [-0.39, 0.29) is 23.9 Å². The van der Waals surface area contributed by atoms with E-state index in [1.54, 1.807) is 24.3 Å². The third-order valence-corrected chi connectivity index (χ3v) is 4.99. The van der Waals surface area contributed by atoms with Crippen molar-refractivity contribution >= 4 is 22.8 Å². The molecule has 0 bridgehead atoms. The van der Waals surface area contributed by atoms with Gasteiger partial charge in [-0.2, -0.15) is 0 Å². The number of esters is 1. The number of fused-ring (bicyclic) bond motifs is 1. The van der Waals surface area contributed by atoms with Crippen molar-refractivity contribution in [2.24, 2.45) is 0 Å². The number of carbonyl (C=O) groups excluding carboxylic acids is 2. The van der Waals surface area contributed by atoms with E-state index in [0.29, 0.717) is 17.4 Å². The van der Waals surface area contributed by atoms with Gasteiger partial charge in [0.1, 0.15) is 6.54 Å². The molecule has 0 radical (unpaired) electrons. The number of nitrogens with zero attached hydrogens (tertiary/aromatic N) is 2. The van der Waals surface area contributed by atoms with Crippen LogP contribution in [0.15, 0.2) is 65.7 Å². The molecule has 7 nitrogen and oxygen atoms in total. The summed E-state index contributed by atoms with van der Waals surface area (Å²) in [6, 6.07) is 16.8. The second kappa shape index (κ2) is 9.82. The fraction of sp³-hybridized carbons (Fsp3) is 0.304. The van der Waals surface area contributed by atoms with E-state index in [2.05, 4.69) is 17.2 Å². The fourth-order valence-corrected chi connectivity index (χ4v) is 3.24. The highest BCUT2D eigenvalue weighted by Gasteiger charge is 2.20. The number of nitrogens with one attached hydrogen (secondary N) is 1. The minimum absolute atomic E-state index is 0.181. The highest BCUT2D eigenvalue weighted by Crippen LogP contribution is 2.18. The Hall–Kier alpha value is -3.48. The SMILES string of the molecule is CC[C@@H](CNC(=O)[C@@H](C)OC(=O)Cn1cnc2ccccc2c1=O)c1ccccc1. The van der Waals surface area contributed by atoms with Crippen molar-refractivity contribution < 1.29 is 14.3 Å². The number of carbonyl (C=O) groups is 2. The van der Waals surface area contributed by atoms with Gasteiger partial charge in [0.2, 0.25) is 0 Å². The molecule has 0 unspecified atom stereocenters. The zero-order valence-electron chi connectivity index (χ0n) is 17.1. The summed E-state index contributed by atoms with van der Waals surface area (Å²) in [5, 5.41) is 3.26. The Morgan fingerprint density at radius 1 is 1.10 bits per heavy atom. The van der Waals surface area contributed by atoms with Crippen LogP contribution < -0.4 is 10.9 Å². The van der Waals surface area contributed by atoms with Gasteiger partial charge in [0.15, 0.2) is 6.10 Å². The fourth-order valence-electron chi connectivity index (χ4n) is 3.24. The van der Waals surface area contributed by atoms with E-state index in [1.807, 2.05) is 30.3 Å². The highest BCUT2D eigenvalue weighted by molar-refractivity contribution is 5.83. The lowest BCUT2D eigenvalue weighted by molar-refractivity contribution is -0.155. The monoisotopic (exact) mass is 407 g/mol. The molecule has 30 heavy (non-hydrogen) atoms. The molecule has 156 valence electrons. The van der Waals surface area contributed by atoms with Gasteiger partial charge in [0.05, 0.1) is 17.2 Å². The number of rotatable bonds is 8. The Morgan fingerprint density at radius 2 is 1.80 bits per heavy atom. The van der Waals surface area contributed by atoms with Crippen LogP contribution in [-0.2, 0) is 20.9 Å². The van der Waals surface area contributed by atoms with E-state index in [4.69, 9.17) is 4.74 Å². The Bertz CT molecular complexity index is 1080. The molecular formula is C23H25N3O4. The van der Waals surface area contributed by atoms with Crippen molar-refractivity contribution in [3.05, 3.63) is 76.8 Å². The minimum atomic E-state index is -0.963. The summed E-state index contributed by atoms with van der Waals surface area (Å²) in [7, 11) is 0. The molecule has 0 aliphatic carbocycles. The maximum atomic E-state index is 12.5. The smallest absolute Gasteiger partial charge is 0.326 e. The van der Waals surface area contributed by atoms with Crippen LogP contribution in [0.2, 0.25) is 0 Å². The summed E-state index contributed by atoms with van der Waals surface area (Å²) in [4.78, 5) is 41.2. The summed E-state index contributed by atoms with van der Waals surface area (Å²) >= 11 is 0. The lowest BCUT2D eigenvalue weighted by atomic mass is 9.96. The first-order valence-electron chi connectivity index (χ1n) is 9.96. The van der Waals surface area contributed by atoms with Gasteiger partial charge in [-0.3, -0.25) is 19.0 Å². The van der Waals surface area contributed by atoms with Crippen LogP contribution in [-0.4, -0.2) is 34.1 Å². The lowest BCUT2D eigenvalue weighted by Crippen LogP contribution is -2.39. The summed E-state index contributed by atoms with van der Waals surface area (Å²) < 4.78 is 6.39. The predicted molar refractivity (Wildman–Crippen MR) is 114 cm³/mol. The topological polar surface area (TPSA) is 90.3 Å². The molecule has 2 atom stereocenters. The number of hydrogen-bond acceptors (Lipinski definition) is 5. The molecule has 3 aromatic rings. The molecule has 7 heteroatoms. The molecule has 0 spiro atoms. The quantitative estimate of drug-likeness (QED) is 0.580. The van der Waals surface area contributed by atoms with E-state index in [1.165, 1.54) is 17.8 Å². The normalized spacial score (nSPS) is 12.9. The van der Waals surface area contributed by atoms with E-state index in [0.717, 1.165) is 12.0 Å². The molecule has 0 aliphatic heterocycles. The molecule has 0 saturated heterocycles. The third-order valence-electron chi connectivity index (χ3n) is 4.99. The number of amides is 1. The van der Waals surface area contributed by atoms with E-state index >= 15 is 0 Å². The van der Waals surface area contributed by atoms with Crippen LogP contribution in [0.5, 0.6) is 0 Å². The van der Waals surface area contributed by atoms with Gasteiger partial charge in [0, 0.05) is 12.5 Å². The second-order valence-electron chi connectivity index (χ2n) is 7.09. The summed E-state index contributed by atoms with van der Waals surface area (Å²) in [5.41, 5.74) is 1.38. The maximum absolute atomic E-state index is 12.5. The second-order valence-corrected chi connectivity index (χ2v) is 7.09. The van der Waals surface area contributed by atoms with Gasteiger partial charge in [-0.25, -0.2) is 4.98 Å². The molecule has 0 aliphatic rings. The number of benzene rings is 2. The van der Waals surface area contributed by atoms with Gasteiger partial charge in [-0.05, 0) is 31.0 Å². The van der Waals surface area contributed by atoms with Crippen molar-refractivity contribution in [2.45, 2.75) is 38.8 Å². The van der Waals surface area contributed by atoms with Gasteiger partial charge in [-0.15, -0.1) is 0 Å². The zero-order chi connectivity index (χ0) is 21.5. The van der Waals surface area contributed by atoms with Crippen LogP contribution >= 0.6 is 0 Å². The number of hydrogen-bond donors (Lipinski definition) is 1. The number of para-hydroxylation sites is 1. The summed E-state index contributed by atoms with van der Waals surface area (Å²) in [5.74, 6) is -0.867. The molecule has 0 saturated carbocycles. The largest absolute Gasteiger partial charge is 0.451 e.